The second kappa shape index (κ2) is 7.37. The molecule has 0 radical (unpaired) electrons. The number of allylic oxidation sites excluding steroid dienone is 2. The predicted octanol–water partition coefficient (Wildman–Crippen LogP) is 4.63. The van der Waals surface area contributed by atoms with Crippen LogP contribution in [0, 0.1) is 10.1 Å². The molecule has 0 bridgehead atoms. The number of nitro benzene ring substituents is 1. The average Bonchev–Trinajstić information content (AvgIpc) is 2.52. The molecule has 0 aliphatic rings. The lowest BCUT2D eigenvalue weighted by atomic mass is 10.1. The molecule has 0 spiro atoms. The Morgan fingerprint density at radius 2 is 1.67 bits per heavy atom. The molecule has 2 aromatic carbocycles. The molecule has 0 saturated carbocycles. The third-order valence-electron chi connectivity index (χ3n) is 3.03. The van der Waals surface area contributed by atoms with Gasteiger partial charge in [-0.15, -0.1) is 3.89 Å². The fourth-order valence-corrected chi connectivity index (χ4v) is 2.63. The summed E-state index contributed by atoms with van der Waals surface area (Å²) >= 11 is 5.91. The Kier molecular flexibility index (Phi) is 5.48. The Morgan fingerprint density at radius 3 is 2.21 bits per heavy atom. The molecule has 5 nitrogen and oxygen atoms in total. The number of hydrogen-bond acceptors (Lipinski definition) is 4. The van der Waals surface area contributed by atoms with E-state index in [2.05, 4.69) is 0 Å². The Balaban J connectivity index is 2.10. The molecule has 0 amide bonds. The van der Waals surface area contributed by atoms with Gasteiger partial charge in [0, 0.05) is 17.2 Å². The minimum absolute atomic E-state index is 0.0115. The number of hydrogen-bond donors (Lipinski definition) is 0. The third kappa shape index (κ3) is 4.74. The summed E-state index contributed by atoms with van der Waals surface area (Å²) in [5, 5.41) is 10.7. The second-order valence-electron chi connectivity index (χ2n) is 4.69. The molecule has 0 N–H and O–H groups in total. The summed E-state index contributed by atoms with van der Waals surface area (Å²) in [6.45, 7) is 0. The molecular weight excluding hydrogens is 357 g/mol. The summed E-state index contributed by atoms with van der Waals surface area (Å²) in [5.41, 5.74) is 1.31. The Labute approximate surface area is 143 Å². The number of nitro groups is 1. The first-order valence-corrected chi connectivity index (χ1v) is 8.37. The van der Waals surface area contributed by atoms with Crippen LogP contribution in [0.2, 0.25) is 5.02 Å². The molecule has 124 valence electrons. The van der Waals surface area contributed by atoms with Gasteiger partial charge >= 0.3 is 10.2 Å². The van der Waals surface area contributed by atoms with E-state index in [1.807, 2.05) is 0 Å². The molecule has 0 saturated heterocycles. The Hall–Kier alpha value is -2.51. The highest BCUT2D eigenvalue weighted by Gasteiger charge is 2.12. The Bertz CT molecular complexity index is 922. The lowest BCUT2D eigenvalue weighted by Crippen LogP contribution is -1.91. The highest BCUT2D eigenvalue weighted by atomic mass is 35.5. The highest BCUT2D eigenvalue weighted by molar-refractivity contribution is 7.86. The molecule has 0 fully saturated rings. The van der Waals surface area contributed by atoms with Gasteiger partial charge in [-0.3, -0.25) is 10.1 Å². The van der Waals surface area contributed by atoms with Crippen molar-refractivity contribution in [3.63, 3.8) is 0 Å². The second-order valence-corrected chi connectivity index (χ2v) is 6.44. The zero-order valence-electron chi connectivity index (χ0n) is 12.1. The van der Waals surface area contributed by atoms with E-state index < -0.39 is 20.0 Å². The number of rotatable bonds is 5. The van der Waals surface area contributed by atoms with Crippen molar-refractivity contribution in [2.24, 2.45) is 0 Å². The maximum absolute atomic E-state index is 12.8. The van der Waals surface area contributed by atoms with Crippen molar-refractivity contribution in [3.8, 4) is 0 Å². The van der Waals surface area contributed by atoms with Crippen LogP contribution in [-0.4, -0.2) is 13.3 Å². The first kappa shape index (κ1) is 17.8. The summed E-state index contributed by atoms with van der Waals surface area (Å²) in [7, 11) is -4.78. The van der Waals surface area contributed by atoms with Crippen molar-refractivity contribution < 1.29 is 17.2 Å². The summed E-state index contributed by atoms with van der Waals surface area (Å²) in [6.07, 6.45) is 6.71. The topological polar surface area (TPSA) is 77.3 Å². The quantitative estimate of drug-likeness (QED) is 0.334. The van der Waals surface area contributed by atoms with Gasteiger partial charge in [0.25, 0.3) is 5.69 Å². The molecule has 0 heterocycles. The van der Waals surface area contributed by atoms with Gasteiger partial charge in [0.2, 0.25) is 0 Å². The first-order valence-electron chi connectivity index (χ1n) is 6.61. The van der Waals surface area contributed by atoms with Crippen molar-refractivity contribution in [1.29, 1.82) is 0 Å². The molecule has 8 heteroatoms. The summed E-state index contributed by atoms with van der Waals surface area (Å²) < 4.78 is 34.4. The van der Waals surface area contributed by atoms with Gasteiger partial charge in [0.05, 0.1) is 9.82 Å². The molecule has 24 heavy (non-hydrogen) atoms. The molecule has 0 aliphatic carbocycles. The zero-order chi connectivity index (χ0) is 17.7. The van der Waals surface area contributed by atoms with Crippen LogP contribution < -0.4 is 0 Å². The van der Waals surface area contributed by atoms with Crippen LogP contribution in [0.1, 0.15) is 11.1 Å². The molecule has 0 atom stereocenters. The van der Waals surface area contributed by atoms with Gasteiger partial charge in [0.1, 0.15) is 0 Å². The van der Waals surface area contributed by atoms with E-state index in [1.54, 1.807) is 36.4 Å². The minimum Gasteiger partial charge on any atom is -0.258 e. The zero-order valence-corrected chi connectivity index (χ0v) is 13.7. The van der Waals surface area contributed by atoms with E-state index in [0.29, 0.717) is 5.56 Å². The fourth-order valence-electron chi connectivity index (χ4n) is 1.83. The van der Waals surface area contributed by atoms with Crippen molar-refractivity contribution >= 4 is 39.7 Å². The van der Waals surface area contributed by atoms with E-state index in [-0.39, 0.29) is 10.7 Å². The van der Waals surface area contributed by atoms with Crippen molar-refractivity contribution in [1.82, 2.24) is 0 Å². The third-order valence-corrected chi connectivity index (χ3v) is 4.18. The van der Waals surface area contributed by atoms with Crippen LogP contribution in [0.5, 0.6) is 0 Å². The van der Waals surface area contributed by atoms with E-state index in [1.165, 1.54) is 18.2 Å². The van der Waals surface area contributed by atoms with Gasteiger partial charge in [-0.25, -0.2) is 0 Å². The van der Waals surface area contributed by atoms with Gasteiger partial charge < -0.3 is 0 Å². The summed E-state index contributed by atoms with van der Waals surface area (Å²) in [5.74, 6) is 0. The van der Waals surface area contributed by atoms with Gasteiger partial charge in [0.15, 0.2) is 0 Å². The molecule has 2 aromatic rings. The maximum Gasteiger partial charge on any atom is 0.332 e. The van der Waals surface area contributed by atoms with Crippen LogP contribution >= 0.6 is 11.6 Å². The standard InChI is InChI=1S/C16H11ClFNO4S/c17-16-11-15(24(18,22)23)10-7-13(16)4-2-1-3-12-5-8-14(9-6-12)19(20)21/h1-11H/b3-1-,4-2-. The van der Waals surface area contributed by atoms with Crippen LogP contribution in [0.15, 0.2) is 59.5 Å². The number of benzene rings is 2. The number of halogens is 2. The van der Waals surface area contributed by atoms with Crippen LogP contribution in [0.3, 0.4) is 0 Å². The van der Waals surface area contributed by atoms with Gasteiger partial charge in [-0.05, 0) is 35.4 Å². The van der Waals surface area contributed by atoms with E-state index >= 15 is 0 Å². The SMILES string of the molecule is O=[N+]([O-])c1ccc(/C=C\C=C/c2ccc(S(=O)(=O)F)cc2Cl)cc1. The molecule has 0 aliphatic heterocycles. The molecule has 2 rings (SSSR count). The number of non-ortho nitro benzene ring substituents is 1. The fraction of sp³-hybridized carbons (Fsp3) is 0. The van der Waals surface area contributed by atoms with Crippen LogP contribution in [0.25, 0.3) is 12.2 Å². The van der Waals surface area contributed by atoms with Crippen LogP contribution in [-0.2, 0) is 10.2 Å². The molecular formula is C16H11ClFNO4S. The lowest BCUT2D eigenvalue weighted by molar-refractivity contribution is -0.384. The van der Waals surface area contributed by atoms with Crippen molar-refractivity contribution in [2.75, 3.05) is 0 Å². The maximum atomic E-state index is 12.8. The minimum atomic E-state index is -4.78. The highest BCUT2D eigenvalue weighted by Crippen LogP contribution is 2.23. The van der Waals surface area contributed by atoms with Gasteiger partial charge in [-0.2, -0.15) is 8.42 Å². The van der Waals surface area contributed by atoms with E-state index in [0.717, 1.165) is 17.7 Å². The van der Waals surface area contributed by atoms with Crippen LogP contribution in [0.4, 0.5) is 9.57 Å². The molecule has 0 aromatic heterocycles. The lowest BCUT2D eigenvalue weighted by Gasteiger charge is -2.00. The van der Waals surface area contributed by atoms with E-state index in [4.69, 9.17) is 11.6 Å². The monoisotopic (exact) mass is 367 g/mol. The largest absolute Gasteiger partial charge is 0.332 e. The summed E-state index contributed by atoms with van der Waals surface area (Å²) in [4.78, 5) is 9.58. The smallest absolute Gasteiger partial charge is 0.258 e. The van der Waals surface area contributed by atoms with Crippen molar-refractivity contribution in [2.45, 2.75) is 4.90 Å². The summed E-state index contributed by atoms with van der Waals surface area (Å²) in [6, 6.07) is 9.57. The Morgan fingerprint density at radius 1 is 1.04 bits per heavy atom. The van der Waals surface area contributed by atoms with Crippen molar-refractivity contribution in [3.05, 3.63) is 80.9 Å². The normalized spacial score (nSPS) is 12.1. The van der Waals surface area contributed by atoms with E-state index in [9.17, 15) is 22.4 Å². The predicted molar refractivity (Wildman–Crippen MR) is 90.9 cm³/mol. The van der Waals surface area contributed by atoms with Gasteiger partial charge in [-0.1, -0.05) is 42.0 Å². The first-order chi connectivity index (χ1) is 11.3. The molecule has 0 unspecified atom stereocenters. The average molecular weight is 368 g/mol. The number of nitrogens with zero attached hydrogens (tertiary/aromatic N) is 1.